The molecule has 1 aliphatic heterocycles. The lowest BCUT2D eigenvalue weighted by Gasteiger charge is -2.46. The van der Waals surface area contributed by atoms with E-state index in [0.717, 1.165) is 64.1 Å². The normalized spacial score (nSPS) is 19.7. The second-order valence-corrected chi connectivity index (χ2v) is 7.44. The molecule has 0 atom stereocenters. The molecule has 0 spiro atoms. The number of carbonyl (C=O) groups excluding carboxylic acids is 2. The van der Waals surface area contributed by atoms with E-state index in [2.05, 4.69) is 17.0 Å². The van der Waals surface area contributed by atoms with Gasteiger partial charge < -0.3 is 9.80 Å². The molecule has 1 saturated heterocycles. The Kier molecular flexibility index (Phi) is 5.97. The van der Waals surface area contributed by atoms with Crippen LogP contribution >= 0.6 is 0 Å². The van der Waals surface area contributed by atoms with Crippen LogP contribution in [0, 0.1) is 0 Å². The van der Waals surface area contributed by atoms with E-state index in [4.69, 9.17) is 0 Å². The predicted molar refractivity (Wildman–Crippen MR) is 103 cm³/mol. The first-order valence-corrected chi connectivity index (χ1v) is 9.95. The highest BCUT2D eigenvalue weighted by molar-refractivity contribution is 5.89. The first-order chi connectivity index (χ1) is 12.6. The van der Waals surface area contributed by atoms with Crippen molar-refractivity contribution >= 4 is 11.8 Å². The third-order valence-electron chi connectivity index (χ3n) is 6.08. The Bertz CT molecular complexity index is 615. The Hall–Kier alpha value is -1.88. The van der Waals surface area contributed by atoms with Gasteiger partial charge in [0, 0.05) is 39.3 Å². The lowest BCUT2D eigenvalue weighted by molar-refractivity contribution is -0.143. The van der Waals surface area contributed by atoms with Crippen LogP contribution < -0.4 is 0 Å². The monoisotopic (exact) mass is 357 g/mol. The number of hydrogen-bond acceptors (Lipinski definition) is 3. The predicted octanol–water partition coefficient (Wildman–Crippen LogP) is 2.12. The van der Waals surface area contributed by atoms with Crippen LogP contribution in [0.25, 0.3) is 0 Å². The summed E-state index contributed by atoms with van der Waals surface area (Å²) >= 11 is 0. The van der Waals surface area contributed by atoms with E-state index in [0.29, 0.717) is 6.54 Å². The lowest BCUT2D eigenvalue weighted by atomic mass is 9.63. The molecule has 2 fully saturated rings. The average molecular weight is 357 g/mol. The van der Waals surface area contributed by atoms with Crippen LogP contribution in [0.3, 0.4) is 0 Å². The third-order valence-corrected chi connectivity index (χ3v) is 6.08. The molecule has 1 aliphatic carbocycles. The van der Waals surface area contributed by atoms with Gasteiger partial charge in [0.05, 0.1) is 12.0 Å². The molecule has 0 radical (unpaired) electrons. The van der Waals surface area contributed by atoms with Crippen LogP contribution in [0.5, 0.6) is 0 Å². The van der Waals surface area contributed by atoms with Crippen LogP contribution in [-0.2, 0) is 15.0 Å². The number of piperazine rings is 1. The summed E-state index contributed by atoms with van der Waals surface area (Å²) in [5.74, 6) is 0.471. The van der Waals surface area contributed by atoms with Gasteiger partial charge in [0.15, 0.2) is 0 Å². The van der Waals surface area contributed by atoms with Gasteiger partial charge in [-0.1, -0.05) is 36.8 Å². The fourth-order valence-corrected chi connectivity index (χ4v) is 4.19. The van der Waals surface area contributed by atoms with Crippen molar-refractivity contribution < 1.29 is 9.59 Å². The molecule has 142 valence electrons. The summed E-state index contributed by atoms with van der Waals surface area (Å²) in [6.07, 6.45) is 3.03. The molecule has 2 amide bonds. The number of rotatable bonds is 6. The Morgan fingerprint density at radius 1 is 1.00 bits per heavy atom. The van der Waals surface area contributed by atoms with Gasteiger partial charge in [-0.2, -0.15) is 0 Å². The quantitative estimate of drug-likeness (QED) is 0.783. The Labute approximate surface area is 156 Å². The number of likely N-dealkylation sites (N-methyl/N-ethyl adjacent to an activating group) is 1. The van der Waals surface area contributed by atoms with E-state index >= 15 is 0 Å². The molecule has 5 nitrogen and oxygen atoms in total. The maximum atomic E-state index is 13.3. The molecule has 0 bridgehead atoms. The van der Waals surface area contributed by atoms with E-state index in [9.17, 15) is 9.59 Å². The zero-order valence-corrected chi connectivity index (χ0v) is 16.1. The van der Waals surface area contributed by atoms with Crippen molar-refractivity contribution in [2.75, 3.05) is 45.8 Å². The van der Waals surface area contributed by atoms with Crippen LogP contribution in [0.4, 0.5) is 0 Å². The summed E-state index contributed by atoms with van der Waals surface area (Å²) in [5, 5.41) is 0. The largest absolute Gasteiger partial charge is 0.342 e. The van der Waals surface area contributed by atoms with Gasteiger partial charge >= 0.3 is 0 Å². The van der Waals surface area contributed by atoms with Gasteiger partial charge in [-0.3, -0.25) is 14.5 Å². The average Bonchev–Trinajstić information content (AvgIpc) is 2.63. The molecule has 0 unspecified atom stereocenters. The Morgan fingerprint density at radius 2 is 1.62 bits per heavy atom. The van der Waals surface area contributed by atoms with E-state index in [1.165, 1.54) is 0 Å². The van der Waals surface area contributed by atoms with E-state index in [1.807, 2.05) is 41.8 Å². The topological polar surface area (TPSA) is 43.9 Å². The van der Waals surface area contributed by atoms with Gasteiger partial charge in [0.1, 0.15) is 0 Å². The standard InChI is InChI=1S/C21H31N3O2/c1-3-23(4-2)19(25)17-22-13-15-24(16-14-22)20(26)21(11-8-12-21)18-9-6-5-7-10-18/h5-7,9-10H,3-4,8,11-17H2,1-2H3. The summed E-state index contributed by atoms with van der Waals surface area (Å²) < 4.78 is 0. The summed E-state index contributed by atoms with van der Waals surface area (Å²) in [7, 11) is 0. The molecule has 1 aromatic carbocycles. The van der Waals surface area contributed by atoms with Gasteiger partial charge in [-0.05, 0) is 32.3 Å². The first-order valence-electron chi connectivity index (χ1n) is 9.95. The fourth-order valence-electron chi connectivity index (χ4n) is 4.19. The molecule has 1 saturated carbocycles. The summed E-state index contributed by atoms with van der Waals surface area (Å²) in [4.78, 5) is 31.6. The molecule has 2 aliphatic rings. The highest BCUT2D eigenvalue weighted by Gasteiger charge is 2.47. The molecular weight excluding hydrogens is 326 g/mol. The van der Waals surface area contributed by atoms with Crippen molar-refractivity contribution in [1.29, 1.82) is 0 Å². The van der Waals surface area contributed by atoms with E-state index < -0.39 is 0 Å². The maximum Gasteiger partial charge on any atom is 0.236 e. The van der Waals surface area contributed by atoms with Gasteiger partial charge in [-0.15, -0.1) is 0 Å². The highest BCUT2D eigenvalue weighted by atomic mass is 16.2. The minimum atomic E-state index is -0.305. The van der Waals surface area contributed by atoms with Crippen molar-refractivity contribution in [1.82, 2.24) is 14.7 Å². The van der Waals surface area contributed by atoms with E-state index in [-0.39, 0.29) is 17.2 Å². The first kappa shape index (κ1) is 18.9. The van der Waals surface area contributed by atoms with Crippen LogP contribution in [0.1, 0.15) is 38.7 Å². The van der Waals surface area contributed by atoms with Gasteiger partial charge in [0.2, 0.25) is 11.8 Å². The molecule has 5 heteroatoms. The van der Waals surface area contributed by atoms with E-state index in [1.54, 1.807) is 0 Å². The third kappa shape index (κ3) is 3.63. The minimum absolute atomic E-state index is 0.189. The van der Waals surface area contributed by atoms with Crippen LogP contribution in [-0.4, -0.2) is 72.3 Å². The van der Waals surface area contributed by atoms with Crippen molar-refractivity contribution in [3.8, 4) is 0 Å². The van der Waals surface area contributed by atoms with Crippen molar-refractivity contribution in [3.63, 3.8) is 0 Å². The summed E-state index contributed by atoms with van der Waals surface area (Å²) in [5.41, 5.74) is 0.857. The molecule has 1 aromatic rings. The molecule has 3 rings (SSSR count). The maximum absolute atomic E-state index is 13.3. The SMILES string of the molecule is CCN(CC)C(=O)CN1CCN(C(=O)C2(c3ccccc3)CCC2)CC1. The molecular formula is C21H31N3O2. The lowest BCUT2D eigenvalue weighted by Crippen LogP contribution is -2.57. The number of carbonyl (C=O) groups is 2. The number of amides is 2. The number of hydrogen-bond donors (Lipinski definition) is 0. The highest BCUT2D eigenvalue weighted by Crippen LogP contribution is 2.45. The van der Waals surface area contributed by atoms with Crippen molar-refractivity contribution in [3.05, 3.63) is 35.9 Å². The fraction of sp³-hybridized carbons (Fsp3) is 0.619. The Morgan fingerprint density at radius 3 is 2.12 bits per heavy atom. The van der Waals surface area contributed by atoms with Crippen molar-refractivity contribution in [2.45, 2.75) is 38.5 Å². The zero-order chi connectivity index (χ0) is 18.6. The van der Waals surface area contributed by atoms with Crippen LogP contribution in [0.15, 0.2) is 30.3 Å². The molecule has 1 heterocycles. The summed E-state index contributed by atoms with van der Waals surface area (Å²) in [6, 6.07) is 10.2. The van der Waals surface area contributed by atoms with Gasteiger partial charge in [-0.25, -0.2) is 0 Å². The smallest absolute Gasteiger partial charge is 0.236 e. The van der Waals surface area contributed by atoms with Crippen LogP contribution in [0.2, 0.25) is 0 Å². The minimum Gasteiger partial charge on any atom is -0.342 e. The second-order valence-electron chi connectivity index (χ2n) is 7.44. The number of nitrogens with zero attached hydrogens (tertiary/aromatic N) is 3. The van der Waals surface area contributed by atoms with Crippen molar-refractivity contribution in [2.24, 2.45) is 0 Å². The molecule has 0 aromatic heterocycles. The Balaban J connectivity index is 1.58. The second kappa shape index (κ2) is 8.21. The zero-order valence-electron chi connectivity index (χ0n) is 16.1. The van der Waals surface area contributed by atoms with Gasteiger partial charge in [0.25, 0.3) is 0 Å². The summed E-state index contributed by atoms with van der Waals surface area (Å²) in [6.45, 7) is 9.01. The molecule has 26 heavy (non-hydrogen) atoms. The molecule has 0 N–H and O–H groups in total. The number of benzene rings is 1.